The van der Waals surface area contributed by atoms with Crippen LogP contribution in [0.5, 0.6) is 0 Å². The van der Waals surface area contributed by atoms with Gasteiger partial charge in [-0.25, -0.2) is 0 Å². The maximum Gasteiger partial charge on any atom is 0.300 e. The van der Waals surface area contributed by atoms with E-state index in [9.17, 15) is 4.79 Å². The summed E-state index contributed by atoms with van der Waals surface area (Å²) in [7, 11) is 0. The predicted molar refractivity (Wildman–Crippen MR) is 79.9 cm³/mol. The van der Waals surface area contributed by atoms with Gasteiger partial charge >= 0.3 is 0 Å². The highest BCUT2D eigenvalue weighted by molar-refractivity contribution is 9.10. The molecule has 1 saturated heterocycles. The Morgan fingerprint density at radius 3 is 2.84 bits per heavy atom. The Morgan fingerprint density at radius 2 is 2.11 bits per heavy atom. The predicted octanol–water partition coefficient (Wildman–Crippen LogP) is 1.30. The lowest BCUT2D eigenvalue weighted by Crippen LogP contribution is -2.43. The minimum Gasteiger partial charge on any atom is -0.314 e. The van der Waals surface area contributed by atoms with Gasteiger partial charge in [-0.15, -0.1) is 0 Å². The molecule has 19 heavy (non-hydrogen) atoms. The van der Waals surface area contributed by atoms with Crippen LogP contribution in [0.3, 0.4) is 0 Å². The monoisotopic (exact) mass is 321 g/mol. The summed E-state index contributed by atoms with van der Waals surface area (Å²) in [5, 5.41) is 6.04. The number of carbonyl (C=O) groups excluding carboxylic acids is 1. The molecule has 5 heteroatoms. The first-order valence-electron chi connectivity index (χ1n) is 6.23. The van der Waals surface area contributed by atoms with Crippen molar-refractivity contribution >= 4 is 27.5 Å². The molecule has 1 heterocycles. The fourth-order valence-corrected chi connectivity index (χ4v) is 2.20. The summed E-state index contributed by atoms with van der Waals surface area (Å²) >= 11 is 3.38. The zero-order valence-electron chi connectivity index (χ0n) is 10.6. The Hall–Kier alpha value is -1.35. The molecule has 2 N–H and O–H groups in total. The number of carbonyl (C=O) groups is 1. The minimum absolute atomic E-state index is 0.276. The summed E-state index contributed by atoms with van der Waals surface area (Å²) in [6, 6.07) is 7.48. The van der Waals surface area contributed by atoms with E-state index in [0.717, 1.165) is 36.3 Å². The topological polar surface area (TPSA) is 44.4 Å². The molecular weight excluding hydrogens is 306 g/mol. The number of nitrogens with one attached hydrogen (secondary N) is 2. The van der Waals surface area contributed by atoms with Crippen LogP contribution in [0, 0.1) is 11.8 Å². The highest BCUT2D eigenvalue weighted by atomic mass is 79.9. The average Bonchev–Trinajstić information content (AvgIpc) is 2.43. The lowest BCUT2D eigenvalue weighted by Gasteiger charge is -2.24. The Kier molecular flexibility index (Phi) is 5.40. The average molecular weight is 322 g/mol. The Morgan fingerprint density at radius 1 is 1.37 bits per heavy atom. The first-order chi connectivity index (χ1) is 9.25. The number of halogens is 1. The maximum atomic E-state index is 11.7. The van der Waals surface area contributed by atoms with Crippen molar-refractivity contribution in [3.05, 3.63) is 28.7 Å². The number of para-hydroxylation sites is 1. The molecule has 0 unspecified atom stereocenters. The van der Waals surface area contributed by atoms with Gasteiger partial charge < -0.3 is 10.6 Å². The van der Waals surface area contributed by atoms with Crippen LogP contribution in [0.25, 0.3) is 0 Å². The van der Waals surface area contributed by atoms with E-state index in [-0.39, 0.29) is 5.91 Å². The van der Waals surface area contributed by atoms with Gasteiger partial charge in [0.1, 0.15) is 0 Å². The summed E-state index contributed by atoms with van der Waals surface area (Å²) in [4.78, 5) is 13.9. The molecule has 0 aliphatic carbocycles. The molecule has 0 atom stereocenters. The van der Waals surface area contributed by atoms with Crippen molar-refractivity contribution in [1.29, 1.82) is 0 Å². The molecule has 0 bridgehead atoms. The molecule has 100 valence electrons. The molecule has 1 aromatic rings. The van der Waals surface area contributed by atoms with Crippen molar-refractivity contribution < 1.29 is 4.79 Å². The molecule has 0 radical (unpaired) electrons. The normalized spacial score (nSPS) is 15.4. The summed E-state index contributed by atoms with van der Waals surface area (Å²) in [6.45, 7) is 4.60. The highest BCUT2D eigenvalue weighted by Crippen LogP contribution is 2.20. The number of hydrogen-bond donors (Lipinski definition) is 2. The fourth-order valence-electron chi connectivity index (χ4n) is 1.82. The molecule has 0 spiro atoms. The van der Waals surface area contributed by atoms with Gasteiger partial charge in [-0.05, 0) is 34.0 Å². The molecular formula is C14H16BrN3O. The number of amides is 1. The third-order valence-electron chi connectivity index (χ3n) is 2.84. The second-order valence-electron chi connectivity index (χ2n) is 4.26. The highest BCUT2D eigenvalue weighted by Gasteiger charge is 2.07. The van der Waals surface area contributed by atoms with E-state index >= 15 is 0 Å². The van der Waals surface area contributed by atoms with Crippen molar-refractivity contribution in [2.24, 2.45) is 0 Å². The van der Waals surface area contributed by atoms with Gasteiger partial charge in [0.2, 0.25) is 0 Å². The zero-order valence-corrected chi connectivity index (χ0v) is 12.2. The first kappa shape index (κ1) is 14.1. The Labute approximate surface area is 121 Å². The number of rotatable bonds is 2. The van der Waals surface area contributed by atoms with Crippen LogP contribution in [0.1, 0.15) is 0 Å². The third kappa shape index (κ3) is 4.67. The molecule has 1 aliphatic rings. The van der Waals surface area contributed by atoms with Crippen molar-refractivity contribution in [3.63, 3.8) is 0 Å². The Bertz CT molecular complexity index is 501. The van der Waals surface area contributed by atoms with Crippen LogP contribution in [0.4, 0.5) is 5.69 Å². The fraction of sp³-hybridized carbons (Fsp3) is 0.357. The van der Waals surface area contributed by atoms with Gasteiger partial charge in [0.15, 0.2) is 0 Å². The molecule has 0 saturated carbocycles. The van der Waals surface area contributed by atoms with E-state index in [1.165, 1.54) is 0 Å². The van der Waals surface area contributed by atoms with Crippen LogP contribution < -0.4 is 10.6 Å². The molecule has 1 aliphatic heterocycles. The van der Waals surface area contributed by atoms with Gasteiger partial charge in [-0.2, -0.15) is 0 Å². The van der Waals surface area contributed by atoms with Gasteiger partial charge in [-0.3, -0.25) is 9.69 Å². The van der Waals surface area contributed by atoms with Crippen LogP contribution in [0.15, 0.2) is 28.7 Å². The number of nitrogens with zero attached hydrogens (tertiary/aromatic N) is 1. The minimum atomic E-state index is -0.276. The number of benzene rings is 1. The molecule has 0 aromatic heterocycles. The van der Waals surface area contributed by atoms with Crippen molar-refractivity contribution in [3.8, 4) is 11.8 Å². The molecule has 1 amide bonds. The smallest absolute Gasteiger partial charge is 0.300 e. The zero-order chi connectivity index (χ0) is 13.5. The van der Waals surface area contributed by atoms with Crippen molar-refractivity contribution in [2.45, 2.75) is 0 Å². The van der Waals surface area contributed by atoms with Crippen LogP contribution in [-0.4, -0.2) is 43.5 Å². The van der Waals surface area contributed by atoms with Gasteiger partial charge in [0.25, 0.3) is 5.91 Å². The SMILES string of the molecule is O=C(C#CCN1CCNCC1)Nc1ccccc1Br. The molecule has 1 fully saturated rings. The molecule has 1 aromatic carbocycles. The van der Waals surface area contributed by atoms with Gasteiger partial charge in [-0.1, -0.05) is 18.1 Å². The molecule has 2 rings (SSSR count). The van der Waals surface area contributed by atoms with Crippen LogP contribution in [0.2, 0.25) is 0 Å². The molecule has 4 nitrogen and oxygen atoms in total. The second-order valence-corrected chi connectivity index (χ2v) is 5.12. The van der Waals surface area contributed by atoms with Gasteiger partial charge in [0.05, 0.1) is 12.2 Å². The summed E-state index contributed by atoms with van der Waals surface area (Å²) in [5.41, 5.74) is 0.740. The summed E-state index contributed by atoms with van der Waals surface area (Å²) in [5.74, 6) is 5.26. The Balaban J connectivity index is 1.83. The van der Waals surface area contributed by atoms with E-state index in [1.54, 1.807) is 0 Å². The van der Waals surface area contributed by atoms with Gasteiger partial charge in [0, 0.05) is 30.7 Å². The van der Waals surface area contributed by atoms with Crippen molar-refractivity contribution in [1.82, 2.24) is 10.2 Å². The second kappa shape index (κ2) is 7.29. The standard InChI is InChI=1S/C14H16BrN3O/c15-12-4-1-2-5-13(12)17-14(19)6-3-9-18-10-7-16-8-11-18/h1-2,4-5,16H,7-11H2,(H,17,19). The van der Waals surface area contributed by atoms with Crippen LogP contribution in [-0.2, 0) is 4.79 Å². The van der Waals surface area contributed by atoms with E-state index in [0.29, 0.717) is 6.54 Å². The van der Waals surface area contributed by atoms with Crippen LogP contribution >= 0.6 is 15.9 Å². The lowest BCUT2D eigenvalue weighted by molar-refractivity contribution is -0.111. The quantitative estimate of drug-likeness (QED) is 0.807. The maximum absolute atomic E-state index is 11.7. The van der Waals surface area contributed by atoms with E-state index < -0.39 is 0 Å². The van der Waals surface area contributed by atoms with E-state index in [2.05, 4.69) is 43.3 Å². The first-order valence-corrected chi connectivity index (χ1v) is 7.02. The van der Waals surface area contributed by atoms with Crippen molar-refractivity contribution in [2.75, 3.05) is 38.0 Å². The number of anilines is 1. The largest absolute Gasteiger partial charge is 0.314 e. The lowest BCUT2D eigenvalue weighted by atomic mass is 10.3. The van der Waals surface area contributed by atoms with E-state index in [4.69, 9.17) is 0 Å². The summed E-state index contributed by atoms with van der Waals surface area (Å²) < 4.78 is 0.854. The third-order valence-corrected chi connectivity index (χ3v) is 3.53. The number of hydrogen-bond acceptors (Lipinski definition) is 3. The van der Waals surface area contributed by atoms with E-state index in [1.807, 2.05) is 24.3 Å². The summed E-state index contributed by atoms with van der Waals surface area (Å²) in [6.07, 6.45) is 0. The number of piperazine rings is 1.